The zero-order chi connectivity index (χ0) is 18.5. The third kappa shape index (κ3) is 3.11. The molecule has 0 aromatic carbocycles. The molecule has 0 aliphatic rings. The fourth-order valence-corrected chi connectivity index (χ4v) is 2.81. The van der Waals surface area contributed by atoms with Crippen molar-refractivity contribution >= 4 is 11.7 Å². The summed E-state index contributed by atoms with van der Waals surface area (Å²) in [5, 5.41) is 4.50. The number of hydrogen-bond donors (Lipinski definition) is 0. The largest absolute Gasteiger partial charge is 0.265 e. The molecule has 4 rings (SSSR count). The van der Waals surface area contributed by atoms with Gasteiger partial charge in [0.1, 0.15) is 0 Å². The molecule has 4 heterocycles. The molecule has 0 N–H and O–H groups in total. The summed E-state index contributed by atoms with van der Waals surface area (Å²) in [5.74, 6) is 0. The van der Waals surface area contributed by atoms with Gasteiger partial charge in [-0.25, -0.2) is 9.50 Å². The van der Waals surface area contributed by atoms with Gasteiger partial charge in [0.15, 0.2) is 5.65 Å². The molecule has 0 spiro atoms. The van der Waals surface area contributed by atoms with Gasteiger partial charge in [-0.1, -0.05) is 20.4 Å². The molecular weight excluding hydrogens is 322 g/mol. The Morgan fingerprint density at radius 3 is 2.38 bits per heavy atom. The number of imidazole rings is 1. The molecule has 26 heavy (non-hydrogen) atoms. The van der Waals surface area contributed by atoms with Gasteiger partial charge >= 0.3 is 0 Å². The molecule has 0 saturated heterocycles. The molecule has 4 aromatic heterocycles. The fraction of sp³-hybridized carbons (Fsp3) is 0.143. The number of nitrogens with zero attached hydrogens (tertiary/aromatic N) is 5. The van der Waals surface area contributed by atoms with Gasteiger partial charge < -0.3 is 0 Å². The van der Waals surface area contributed by atoms with E-state index in [-0.39, 0.29) is 0 Å². The Hall–Kier alpha value is -3.34. The first-order valence-corrected chi connectivity index (χ1v) is 8.61. The highest BCUT2D eigenvalue weighted by Gasteiger charge is 2.15. The minimum Gasteiger partial charge on any atom is -0.265 e. The van der Waals surface area contributed by atoms with Crippen LogP contribution in [0.3, 0.4) is 0 Å². The summed E-state index contributed by atoms with van der Waals surface area (Å²) in [6.07, 6.45) is 8.90. The van der Waals surface area contributed by atoms with Crippen LogP contribution in [0.5, 0.6) is 0 Å². The lowest BCUT2D eigenvalue weighted by atomic mass is 10.1. The quantitative estimate of drug-likeness (QED) is 0.534. The van der Waals surface area contributed by atoms with E-state index in [1.165, 1.54) is 0 Å². The summed E-state index contributed by atoms with van der Waals surface area (Å²) >= 11 is 0. The average molecular weight is 343 g/mol. The predicted octanol–water partition coefficient (Wildman–Crippen LogP) is 4.83. The molecule has 0 fully saturated rings. The highest BCUT2D eigenvalue weighted by atomic mass is 15.3. The fourth-order valence-electron chi connectivity index (χ4n) is 2.81. The van der Waals surface area contributed by atoms with Crippen LogP contribution in [0.1, 0.15) is 25.2 Å². The van der Waals surface area contributed by atoms with Gasteiger partial charge in [0, 0.05) is 35.9 Å². The highest BCUT2D eigenvalue weighted by molar-refractivity contribution is 5.80. The van der Waals surface area contributed by atoms with E-state index in [9.17, 15) is 0 Å². The molecule has 4 aromatic rings. The maximum atomic E-state index is 4.74. The maximum Gasteiger partial charge on any atom is 0.162 e. The zero-order valence-corrected chi connectivity index (χ0v) is 15.2. The van der Waals surface area contributed by atoms with E-state index in [1.54, 1.807) is 24.7 Å². The Labute approximate surface area is 153 Å². The Balaban J connectivity index is 0.000000948. The highest BCUT2D eigenvalue weighted by Crippen LogP contribution is 2.29. The molecule has 5 nitrogen and oxygen atoms in total. The van der Waals surface area contributed by atoms with Crippen molar-refractivity contribution < 1.29 is 0 Å². The van der Waals surface area contributed by atoms with E-state index in [2.05, 4.69) is 21.6 Å². The molecular formula is C21H21N5. The number of hydrogen-bond acceptors (Lipinski definition) is 4. The minimum absolute atomic E-state index is 0.823. The van der Waals surface area contributed by atoms with Gasteiger partial charge in [0.2, 0.25) is 0 Å². The summed E-state index contributed by atoms with van der Waals surface area (Å²) < 4.78 is 1.87. The SMILES string of the molecule is C=Cc1ccc(-c2c(C)nc3c(-c4ccncc4)ccnn23)cn1.CC. The third-order valence-corrected chi connectivity index (χ3v) is 3.95. The molecule has 0 bridgehead atoms. The van der Waals surface area contributed by atoms with Crippen molar-refractivity contribution in [3.63, 3.8) is 0 Å². The molecule has 0 amide bonds. The molecule has 0 atom stereocenters. The van der Waals surface area contributed by atoms with Gasteiger partial charge in [-0.05, 0) is 48.9 Å². The van der Waals surface area contributed by atoms with Crippen LogP contribution in [0.4, 0.5) is 0 Å². The zero-order valence-electron chi connectivity index (χ0n) is 15.2. The summed E-state index contributed by atoms with van der Waals surface area (Å²) in [4.78, 5) is 13.2. The van der Waals surface area contributed by atoms with Crippen LogP contribution in [-0.4, -0.2) is 24.6 Å². The first kappa shape index (κ1) is 17.5. The molecule has 0 radical (unpaired) electrons. The van der Waals surface area contributed by atoms with Crippen LogP contribution in [0.15, 0.2) is 61.7 Å². The van der Waals surface area contributed by atoms with Crippen LogP contribution in [0.2, 0.25) is 0 Å². The van der Waals surface area contributed by atoms with E-state index in [0.717, 1.165) is 39.4 Å². The van der Waals surface area contributed by atoms with Gasteiger partial charge in [0.25, 0.3) is 0 Å². The lowest BCUT2D eigenvalue weighted by Gasteiger charge is -2.05. The van der Waals surface area contributed by atoms with Crippen molar-refractivity contribution in [3.8, 4) is 22.4 Å². The molecule has 0 saturated carbocycles. The van der Waals surface area contributed by atoms with E-state index in [0.29, 0.717) is 0 Å². The minimum atomic E-state index is 0.823. The normalized spacial score (nSPS) is 10.3. The van der Waals surface area contributed by atoms with Crippen molar-refractivity contribution in [3.05, 3.63) is 73.1 Å². The second-order valence-electron chi connectivity index (χ2n) is 5.44. The maximum absolute atomic E-state index is 4.74. The lowest BCUT2D eigenvalue weighted by molar-refractivity contribution is 0.942. The topological polar surface area (TPSA) is 56.0 Å². The predicted molar refractivity (Wildman–Crippen MR) is 106 cm³/mol. The van der Waals surface area contributed by atoms with Crippen molar-refractivity contribution in [1.29, 1.82) is 0 Å². The van der Waals surface area contributed by atoms with E-state index >= 15 is 0 Å². The van der Waals surface area contributed by atoms with Crippen molar-refractivity contribution in [2.45, 2.75) is 20.8 Å². The molecule has 0 unspecified atom stereocenters. The lowest BCUT2D eigenvalue weighted by Crippen LogP contribution is -1.96. The smallest absolute Gasteiger partial charge is 0.162 e. The van der Waals surface area contributed by atoms with Crippen LogP contribution < -0.4 is 0 Å². The number of rotatable bonds is 3. The number of aryl methyl sites for hydroxylation is 1. The van der Waals surface area contributed by atoms with Gasteiger partial charge in [-0.3, -0.25) is 9.97 Å². The van der Waals surface area contributed by atoms with Crippen LogP contribution in [-0.2, 0) is 0 Å². The first-order valence-electron chi connectivity index (χ1n) is 8.61. The molecule has 130 valence electrons. The molecule has 5 heteroatoms. The third-order valence-electron chi connectivity index (χ3n) is 3.95. The van der Waals surface area contributed by atoms with Crippen LogP contribution >= 0.6 is 0 Å². The summed E-state index contributed by atoms with van der Waals surface area (Å²) in [5.41, 5.74) is 6.59. The summed E-state index contributed by atoms with van der Waals surface area (Å²) in [6, 6.07) is 9.87. The van der Waals surface area contributed by atoms with Crippen molar-refractivity contribution in [2.24, 2.45) is 0 Å². The molecule has 0 aliphatic heterocycles. The Morgan fingerprint density at radius 1 is 0.962 bits per heavy atom. The molecule has 0 aliphatic carbocycles. The van der Waals surface area contributed by atoms with E-state index in [1.807, 2.05) is 61.8 Å². The second-order valence-corrected chi connectivity index (χ2v) is 5.44. The Morgan fingerprint density at radius 2 is 1.73 bits per heavy atom. The van der Waals surface area contributed by atoms with Crippen molar-refractivity contribution in [2.75, 3.05) is 0 Å². The standard InChI is InChI=1S/C19H15N5.C2H6/c1-3-16-5-4-15(12-21-16)18-13(2)23-19-17(8-11-22-24(18)19)14-6-9-20-10-7-14;1-2/h3-12H,1H2,2H3;1-2H3. The van der Waals surface area contributed by atoms with Crippen LogP contribution in [0, 0.1) is 6.92 Å². The Kier molecular flexibility index (Phi) is 5.17. The summed E-state index contributed by atoms with van der Waals surface area (Å²) in [6.45, 7) is 9.73. The number of pyridine rings is 2. The second kappa shape index (κ2) is 7.70. The number of fused-ring (bicyclic) bond motifs is 1. The van der Waals surface area contributed by atoms with E-state index < -0.39 is 0 Å². The summed E-state index contributed by atoms with van der Waals surface area (Å²) in [7, 11) is 0. The van der Waals surface area contributed by atoms with Gasteiger partial charge in [0.05, 0.1) is 17.1 Å². The van der Waals surface area contributed by atoms with Crippen molar-refractivity contribution in [1.82, 2.24) is 24.6 Å². The van der Waals surface area contributed by atoms with Gasteiger partial charge in [-0.2, -0.15) is 5.10 Å². The van der Waals surface area contributed by atoms with Gasteiger partial charge in [-0.15, -0.1) is 0 Å². The monoisotopic (exact) mass is 343 g/mol. The number of aromatic nitrogens is 5. The van der Waals surface area contributed by atoms with Crippen LogP contribution in [0.25, 0.3) is 34.1 Å². The average Bonchev–Trinajstić information content (AvgIpc) is 3.06. The Bertz CT molecular complexity index is 1020. The van der Waals surface area contributed by atoms with E-state index in [4.69, 9.17) is 4.98 Å². The first-order chi connectivity index (χ1) is 12.8.